The van der Waals surface area contributed by atoms with Crippen LogP contribution in [0, 0.1) is 11.8 Å². The summed E-state index contributed by atoms with van der Waals surface area (Å²) < 4.78 is 0. The van der Waals surface area contributed by atoms with Crippen molar-refractivity contribution in [2.24, 2.45) is 11.8 Å². The molecule has 5 heteroatoms. The lowest BCUT2D eigenvalue weighted by Gasteiger charge is -2.21. The van der Waals surface area contributed by atoms with Gasteiger partial charge >= 0.3 is 5.97 Å². The van der Waals surface area contributed by atoms with Crippen molar-refractivity contribution in [1.82, 2.24) is 0 Å². The molecule has 0 spiro atoms. The fourth-order valence-corrected chi connectivity index (χ4v) is 3.39. The first-order valence-electron chi connectivity index (χ1n) is 9.76. The maximum absolute atomic E-state index is 12.2. The van der Waals surface area contributed by atoms with Crippen molar-refractivity contribution in [2.45, 2.75) is 83.3 Å². The van der Waals surface area contributed by atoms with Gasteiger partial charge in [-0.05, 0) is 32.6 Å². The molecule has 1 aliphatic carbocycles. The second kappa shape index (κ2) is 11.3. The summed E-state index contributed by atoms with van der Waals surface area (Å²) in [6, 6.07) is 0. The molecule has 0 aromatic heterocycles. The Morgan fingerprint density at radius 3 is 2.65 bits per heavy atom. The number of aliphatic hydroxyl groups excluding tert-OH is 1. The summed E-state index contributed by atoms with van der Waals surface area (Å²) >= 11 is 0. The standard InChI is InChI=1S/C21H34O5/c1-3-4-9-13-21(2,26)14-12-17-16(18(22)15-19(17)23)10-7-5-6-8-11-20(24)25/h5,7,12,14,16-17,19,23,26H,3-4,6,8-11,13,15H2,1-2H3,(H,24,25)/t16?,17?,19?,21-/m1/s1. The van der Waals surface area contributed by atoms with Gasteiger partial charge in [-0.15, -0.1) is 0 Å². The molecule has 0 saturated heterocycles. The summed E-state index contributed by atoms with van der Waals surface area (Å²) in [5.74, 6) is -1.30. The zero-order valence-electron chi connectivity index (χ0n) is 16.1. The Kier molecular flexibility index (Phi) is 9.81. The van der Waals surface area contributed by atoms with E-state index in [9.17, 15) is 19.8 Å². The summed E-state index contributed by atoms with van der Waals surface area (Å²) in [7, 11) is 0. The number of hydrogen-bond donors (Lipinski definition) is 3. The molecule has 1 aliphatic rings. The van der Waals surface area contributed by atoms with E-state index in [0.29, 0.717) is 25.7 Å². The van der Waals surface area contributed by atoms with Gasteiger partial charge in [0.15, 0.2) is 0 Å². The summed E-state index contributed by atoms with van der Waals surface area (Å²) in [4.78, 5) is 22.6. The number of aliphatic carboxylic acids is 1. The van der Waals surface area contributed by atoms with Gasteiger partial charge in [0.05, 0.1) is 11.7 Å². The molecular weight excluding hydrogens is 332 g/mol. The Balaban J connectivity index is 2.58. The lowest BCUT2D eigenvalue weighted by atomic mass is 9.88. The van der Waals surface area contributed by atoms with Crippen molar-refractivity contribution in [2.75, 3.05) is 0 Å². The molecule has 4 atom stereocenters. The number of carboxylic acids is 1. The Hall–Kier alpha value is -1.46. The highest BCUT2D eigenvalue weighted by Gasteiger charge is 2.39. The normalized spacial score (nSPS) is 26.0. The van der Waals surface area contributed by atoms with Crippen molar-refractivity contribution in [3.63, 3.8) is 0 Å². The molecule has 0 amide bonds. The Morgan fingerprint density at radius 1 is 1.27 bits per heavy atom. The smallest absolute Gasteiger partial charge is 0.303 e. The minimum Gasteiger partial charge on any atom is -0.481 e. The van der Waals surface area contributed by atoms with Crippen LogP contribution in [0.2, 0.25) is 0 Å². The highest BCUT2D eigenvalue weighted by Crippen LogP contribution is 2.34. The van der Waals surface area contributed by atoms with Gasteiger partial charge in [-0.1, -0.05) is 50.5 Å². The van der Waals surface area contributed by atoms with Gasteiger partial charge in [0, 0.05) is 24.7 Å². The van der Waals surface area contributed by atoms with Crippen LogP contribution in [0.15, 0.2) is 24.3 Å². The van der Waals surface area contributed by atoms with E-state index in [2.05, 4.69) is 6.92 Å². The molecule has 3 unspecified atom stereocenters. The maximum atomic E-state index is 12.2. The Labute approximate surface area is 156 Å². The van der Waals surface area contributed by atoms with Crippen LogP contribution >= 0.6 is 0 Å². The minimum absolute atomic E-state index is 0.0490. The first-order chi connectivity index (χ1) is 12.3. The number of carboxylic acid groups (broad SMARTS) is 1. The lowest BCUT2D eigenvalue weighted by molar-refractivity contribution is -0.137. The third-order valence-electron chi connectivity index (χ3n) is 5.01. The van der Waals surface area contributed by atoms with Crippen LogP contribution in [0.25, 0.3) is 0 Å². The molecular formula is C21H34O5. The van der Waals surface area contributed by atoms with Crippen LogP contribution in [0.3, 0.4) is 0 Å². The molecule has 1 saturated carbocycles. The van der Waals surface area contributed by atoms with Gasteiger partial charge in [0.25, 0.3) is 0 Å². The Bertz CT molecular complexity index is 507. The molecule has 1 fully saturated rings. The second-order valence-electron chi connectivity index (χ2n) is 7.59. The second-order valence-corrected chi connectivity index (χ2v) is 7.59. The van der Waals surface area contributed by atoms with E-state index in [-0.39, 0.29) is 30.5 Å². The van der Waals surface area contributed by atoms with E-state index in [0.717, 1.165) is 19.3 Å². The maximum Gasteiger partial charge on any atom is 0.303 e. The van der Waals surface area contributed by atoms with E-state index >= 15 is 0 Å². The fraction of sp³-hybridized carbons (Fsp3) is 0.714. The monoisotopic (exact) mass is 366 g/mol. The van der Waals surface area contributed by atoms with Gasteiger partial charge in [-0.3, -0.25) is 9.59 Å². The van der Waals surface area contributed by atoms with Crippen LogP contribution < -0.4 is 0 Å². The molecule has 0 aliphatic heterocycles. The largest absolute Gasteiger partial charge is 0.481 e. The summed E-state index contributed by atoms with van der Waals surface area (Å²) in [6.45, 7) is 3.88. The molecule has 0 aromatic rings. The predicted molar refractivity (Wildman–Crippen MR) is 102 cm³/mol. The molecule has 1 rings (SSSR count). The number of carbonyl (C=O) groups is 2. The number of rotatable bonds is 12. The average molecular weight is 366 g/mol. The van der Waals surface area contributed by atoms with E-state index in [4.69, 9.17) is 5.11 Å². The number of unbranched alkanes of at least 4 members (excludes halogenated alkanes) is 3. The minimum atomic E-state index is -0.919. The van der Waals surface area contributed by atoms with Gasteiger partial charge in [-0.2, -0.15) is 0 Å². The third kappa shape index (κ3) is 8.28. The van der Waals surface area contributed by atoms with Crippen LogP contribution in [0.4, 0.5) is 0 Å². The van der Waals surface area contributed by atoms with E-state index in [1.54, 1.807) is 13.0 Å². The quantitative estimate of drug-likeness (QED) is 0.362. The first-order valence-corrected chi connectivity index (χ1v) is 9.76. The fourth-order valence-electron chi connectivity index (χ4n) is 3.39. The highest BCUT2D eigenvalue weighted by molar-refractivity contribution is 5.84. The number of Topliss-reactive ketones (excluding diaryl/α,β-unsaturated/α-hetero) is 1. The average Bonchev–Trinajstić information content (AvgIpc) is 2.82. The van der Waals surface area contributed by atoms with E-state index < -0.39 is 17.7 Å². The molecule has 5 nitrogen and oxygen atoms in total. The molecule has 0 radical (unpaired) electrons. The van der Waals surface area contributed by atoms with Crippen molar-refractivity contribution in [3.8, 4) is 0 Å². The molecule has 0 aromatic carbocycles. The topological polar surface area (TPSA) is 94.8 Å². The van der Waals surface area contributed by atoms with Crippen LogP contribution in [0.1, 0.15) is 71.6 Å². The highest BCUT2D eigenvalue weighted by atomic mass is 16.4. The third-order valence-corrected chi connectivity index (χ3v) is 5.01. The van der Waals surface area contributed by atoms with Crippen LogP contribution in [-0.4, -0.2) is 38.8 Å². The summed E-state index contributed by atoms with van der Waals surface area (Å²) in [6.07, 6.45) is 12.5. The number of allylic oxidation sites excluding steroid dienone is 2. The Morgan fingerprint density at radius 2 is 2.00 bits per heavy atom. The number of ketones is 1. The molecule has 3 N–H and O–H groups in total. The van der Waals surface area contributed by atoms with Crippen molar-refractivity contribution >= 4 is 11.8 Å². The number of hydrogen-bond acceptors (Lipinski definition) is 4. The summed E-state index contributed by atoms with van der Waals surface area (Å²) in [5, 5.41) is 29.3. The van der Waals surface area contributed by atoms with Gasteiger partial charge < -0.3 is 15.3 Å². The lowest BCUT2D eigenvalue weighted by Crippen LogP contribution is -2.23. The van der Waals surface area contributed by atoms with Crippen LogP contribution in [-0.2, 0) is 9.59 Å². The molecule has 0 heterocycles. The van der Waals surface area contributed by atoms with Gasteiger partial charge in [0.1, 0.15) is 5.78 Å². The number of aliphatic hydroxyl groups is 2. The van der Waals surface area contributed by atoms with Crippen molar-refractivity contribution in [3.05, 3.63) is 24.3 Å². The van der Waals surface area contributed by atoms with E-state index in [1.807, 2.05) is 18.2 Å². The molecule has 0 bridgehead atoms. The first kappa shape index (κ1) is 22.6. The van der Waals surface area contributed by atoms with Gasteiger partial charge in [-0.25, -0.2) is 0 Å². The molecule has 148 valence electrons. The van der Waals surface area contributed by atoms with Crippen molar-refractivity contribution < 1.29 is 24.9 Å². The van der Waals surface area contributed by atoms with E-state index in [1.165, 1.54) is 0 Å². The van der Waals surface area contributed by atoms with Gasteiger partial charge in [0.2, 0.25) is 0 Å². The zero-order chi connectivity index (χ0) is 19.6. The predicted octanol–water partition coefficient (Wildman–Crippen LogP) is 3.64. The molecule has 26 heavy (non-hydrogen) atoms. The van der Waals surface area contributed by atoms with Crippen molar-refractivity contribution in [1.29, 1.82) is 0 Å². The number of carbonyl (C=O) groups excluding carboxylic acids is 1. The SMILES string of the molecule is CCCCC[C@@](C)(O)C=CC1C(O)CC(=O)C1CC=CCCCC(=O)O. The zero-order valence-corrected chi connectivity index (χ0v) is 16.1. The summed E-state index contributed by atoms with van der Waals surface area (Å²) in [5.41, 5.74) is -0.919. The van der Waals surface area contributed by atoms with Crippen LogP contribution in [0.5, 0.6) is 0 Å².